The van der Waals surface area contributed by atoms with Crippen LogP contribution in [0.3, 0.4) is 0 Å². The molecule has 0 aromatic carbocycles. The molecule has 2 heterocycles. The van der Waals surface area contributed by atoms with Crippen molar-refractivity contribution in [2.24, 2.45) is 0 Å². The van der Waals surface area contributed by atoms with E-state index < -0.39 is 24.1 Å². The summed E-state index contributed by atoms with van der Waals surface area (Å²) in [7, 11) is -0.745. The summed E-state index contributed by atoms with van der Waals surface area (Å²) in [5.41, 5.74) is -0.457. The lowest BCUT2D eigenvalue weighted by Gasteiger charge is -2.32. The summed E-state index contributed by atoms with van der Waals surface area (Å²) >= 11 is 0. The van der Waals surface area contributed by atoms with Gasteiger partial charge in [0.15, 0.2) is 0 Å². The Labute approximate surface area is 113 Å². The number of hydrogen-bond acceptors (Lipinski definition) is 4. The van der Waals surface area contributed by atoms with Crippen LogP contribution < -0.4 is 5.46 Å². The van der Waals surface area contributed by atoms with E-state index in [1.54, 1.807) is 6.07 Å². The van der Waals surface area contributed by atoms with Crippen molar-refractivity contribution in [1.82, 2.24) is 4.98 Å². The fraction of sp³-hybridized carbons (Fsp3) is 0.615. The van der Waals surface area contributed by atoms with E-state index in [0.717, 1.165) is 0 Å². The molecule has 1 fully saturated rings. The molecule has 0 atom stereocenters. The Morgan fingerprint density at radius 1 is 1.26 bits per heavy atom. The quantitative estimate of drug-likeness (QED) is 0.832. The minimum Gasteiger partial charge on any atom is -0.399 e. The standard InChI is InChI=1S/C13H19BFNO3/c1-12(2)13(3,4)19-14(18-12)9-5-7-16-10(6-8-17)11(9)15/h5,7,17H,6,8H2,1-4H3. The van der Waals surface area contributed by atoms with Gasteiger partial charge >= 0.3 is 7.12 Å². The van der Waals surface area contributed by atoms with E-state index in [9.17, 15) is 4.39 Å². The molecule has 0 spiro atoms. The third-order valence-electron chi connectivity index (χ3n) is 3.85. The average Bonchev–Trinajstić information content (AvgIpc) is 2.51. The second-order valence-electron chi connectivity index (χ2n) is 5.72. The van der Waals surface area contributed by atoms with E-state index in [1.165, 1.54) is 6.20 Å². The molecule has 6 heteroatoms. The van der Waals surface area contributed by atoms with Crippen LogP contribution in [-0.4, -0.2) is 35.0 Å². The second-order valence-corrected chi connectivity index (χ2v) is 5.72. The summed E-state index contributed by atoms with van der Waals surface area (Å²) < 4.78 is 25.9. The minimum absolute atomic E-state index is 0.142. The van der Waals surface area contributed by atoms with Gasteiger partial charge in [-0.2, -0.15) is 0 Å². The van der Waals surface area contributed by atoms with E-state index in [-0.39, 0.29) is 18.7 Å². The number of aliphatic hydroxyl groups is 1. The van der Waals surface area contributed by atoms with Crippen LogP contribution in [0.1, 0.15) is 33.4 Å². The van der Waals surface area contributed by atoms with Gasteiger partial charge in [0, 0.05) is 24.7 Å². The molecule has 1 aromatic heterocycles. The first-order chi connectivity index (χ1) is 8.78. The monoisotopic (exact) mass is 267 g/mol. The fourth-order valence-electron chi connectivity index (χ4n) is 1.94. The first kappa shape index (κ1) is 14.4. The summed E-state index contributed by atoms with van der Waals surface area (Å²) in [4.78, 5) is 3.93. The highest BCUT2D eigenvalue weighted by molar-refractivity contribution is 6.62. The van der Waals surface area contributed by atoms with Crippen molar-refractivity contribution in [3.8, 4) is 0 Å². The van der Waals surface area contributed by atoms with Gasteiger partial charge in [0.1, 0.15) is 5.82 Å². The summed E-state index contributed by atoms with van der Waals surface area (Å²) in [6.07, 6.45) is 1.69. The Bertz CT molecular complexity index is 463. The number of nitrogens with zero attached hydrogens (tertiary/aromatic N) is 1. The topological polar surface area (TPSA) is 51.6 Å². The number of aliphatic hydroxyl groups excluding tert-OH is 1. The molecule has 0 unspecified atom stereocenters. The summed E-state index contributed by atoms with van der Waals surface area (Å²) in [5, 5.41) is 8.90. The van der Waals surface area contributed by atoms with Crippen molar-refractivity contribution >= 4 is 12.6 Å². The lowest BCUT2D eigenvalue weighted by molar-refractivity contribution is 0.00578. The normalized spacial score (nSPS) is 20.8. The first-order valence-corrected chi connectivity index (χ1v) is 6.38. The van der Waals surface area contributed by atoms with Crippen LogP contribution in [0.25, 0.3) is 0 Å². The van der Waals surface area contributed by atoms with Gasteiger partial charge in [-0.3, -0.25) is 4.98 Å². The van der Waals surface area contributed by atoms with Gasteiger partial charge in [0.25, 0.3) is 0 Å². The predicted molar refractivity (Wildman–Crippen MR) is 70.7 cm³/mol. The van der Waals surface area contributed by atoms with E-state index >= 15 is 0 Å². The Balaban J connectivity index is 2.32. The molecule has 2 rings (SSSR count). The maximum atomic E-state index is 14.3. The van der Waals surface area contributed by atoms with Gasteiger partial charge in [-0.05, 0) is 33.8 Å². The summed E-state index contributed by atoms with van der Waals surface area (Å²) in [5.74, 6) is -0.463. The molecule has 1 aromatic rings. The fourth-order valence-corrected chi connectivity index (χ4v) is 1.94. The van der Waals surface area contributed by atoms with Crippen molar-refractivity contribution in [2.45, 2.75) is 45.3 Å². The van der Waals surface area contributed by atoms with E-state index in [0.29, 0.717) is 5.46 Å². The molecule has 1 N–H and O–H groups in total. The van der Waals surface area contributed by atoms with Crippen molar-refractivity contribution in [3.63, 3.8) is 0 Å². The van der Waals surface area contributed by atoms with Gasteiger partial charge in [-0.1, -0.05) is 0 Å². The SMILES string of the molecule is CC1(C)OB(c2ccnc(CCO)c2F)OC1(C)C. The van der Waals surface area contributed by atoms with Crippen molar-refractivity contribution in [1.29, 1.82) is 0 Å². The molecule has 19 heavy (non-hydrogen) atoms. The predicted octanol–water partition coefficient (Wildman–Crippen LogP) is 1.05. The third-order valence-corrected chi connectivity index (χ3v) is 3.85. The molecule has 104 valence electrons. The van der Waals surface area contributed by atoms with Gasteiger partial charge in [0.05, 0.1) is 16.9 Å². The van der Waals surface area contributed by atoms with Crippen molar-refractivity contribution < 1.29 is 18.8 Å². The van der Waals surface area contributed by atoms with Gasteiger partial charge in [-0.15, -0.1) is 0 Å². The first-order valence-electron chi connectivity index (χ1n) is 6.38. The molecule has 0 aliphatic carbocycles. The highest BCUT2D eigenvalue weighted by Crippen LogP contribution is 2.36. The van der Waals surface area contributed by atoms with Crippen molar-refractivity contribution in [2.75, 3.05) is 6.61 Å². The van der Waals surface area contributed by atoms with E-state index in [1.807, 2.05) is 27.7 Å². The molecular weight excluding hydrogens is 248 g/mol. The van der Waals surface area contributed by atoms with E-state index in [2.05, 4.69) is 4.98 Å². The molecule has 1 aliphatic rings. The minimum atomic E-state index is -0.745. The Hall–Kier alpha value is -0.975. The number of halogens is 1. The number of hydrogen-bond donors (Lipinski definition) is 1. The maximum absolute atomic E-state index is 14.3. The lowest BCUT2D eigenvalue weighted by Crippen LogP contribution is -2.41. The zero-order valence-electron chi connectivity index (χ0n) is 11.7. The Morgan fingerprint density at radius 2 is 1.84 bits per heavy atom. The zero-order valence-corrected chi connectivity index (χ0v) is 11.7. The number of aromatic nitrogens is 1. The Morgan fingerprint density at radius 3 is 2.37 bits per heavy atom. The average molecular weight is 267 g/mol. The van der Waals surface area contributed by atoms with Crippen LogP contribution >= 0.6 is 0 Å². The van der Waals surface area contributed by atoms with Gasteiger partial charge in [-0.25, -0.2) is 4.39 Å². The number of pyridine rings is 1. The number of rotatable bonds is 3. The smallest absolute Gasteiger partial charge is 0.399 e. The molecule has 0 radical (unpaired) electrons. The molecule has 0 amide bonds. The van der Waals surface area contributed by atoms with Gasteiger partial charge in [0.2, 0.25) is 0 Å². The summed E-state index contributed by atoms with van der Waals surface area (Å²) in [6.45, 7) is 7.53. The van der Waals surface area contributed by atoms with Crippen LogP contribution in [0.15, 0.2) is 12.3 Å². The molecule has 0 saturated carbocycles. The molecule has 1 aliphatic heterocycles. The zero-order chi connectivity index (χ0) is 14.3. The molecule has 1 saturated heterocycles. The van der Waals surface area contributed by atoms with Crippen molar-refractivity contribution in [3.05, 3.63) is 23.8 Å². The van der Waals surface area contributed by atoms with Crippen LogP contribution in [0.2, 0.25) is 0 Å². The summed E-state index contributed by atoms with van der Waals surface area (Å²) in [6, 6.07) is 1.55. The van der Waals surface area contributed by atoms with Crippen LogP contribution in [0.4, 0.5) is 4.39 Å². The molecule has 4 nitrogen and oxygen atoms in total. The van der Waals surface area contributed by atoms with Crippen LogP contribution in [-0.2, 0) is 15.7 Å². The second kappa shape index (κ2) is 4.85. The van der Waals surface area contributed by atoms with E-state index in [4.69, 9.17) is 14.4 Å². The largest absolute Gasteiger partial charge is 0.497 e. The van der Waals surface area contributed by atoms with Crippen LogP contribution in [0.5, 0.6) is 0 Å². The molecular formula is C13H19BFNO3. The highest BCUT2D eigenvalue weighted by Gasteiger charge is 2.52. The van der Waals surface area contributed by atoms with Crippen LogP contribution in [0, 0.1) is 5.82 Å². The lowest BCUT2D eigenvalue weighted by atomic mass is 9.78. The molecule has 0 bridgehead atoms. The Kier molecular flexibility index (Phi) is 3.68. The third kappa shape index (κ3) is 2.52. The van der Waals surface area contributed by atoms with Gasteiger partial charge < -0.3 is 14.4 Å². The maximum Gasteiger partial charge on any atom is 0.497 e. The highest BCUT2D eigenvalue weighted by atomic mass is 19.1.